The molecule has 0 spiro atoms. The molecule has 4 heterocycles. The number of nitrogens with zero attached hydrogens (tertiary/aromatic N) is 5. The lowest BCUT2D eigenvalue weighted by Crippen LogP contribution is -2.47. The number of hydrogen-bond donors (Lipinski definition) is 2. The van der Waals surface area contributed by atoms with E-state index in [0.29, 0.717) is 35.5 Å². The number of aryl methyl sites for hydroxylation is 1. The fourth-order valence-electron chi connectivity index (χ4n) is 3.91. The highest BCUT2D eigenvalue weighted by Gasteiger charge is 2.33. The normalized spacial score (nSPS) is 18.3. The second kappa shape index (κ2) is 12.0. The second-order valence-electron chi connectivity index (χ2n) is 8.84. The third kappa shape index (κ3) is 6.92. The number of halogens is 4. The number of carbonyl (C=O) groups excluding carboxylic acids is 1. The standard InChI is InChI=1S/C24H27F4N7O2S/c1-3-4-8-35-9-7-17(16(25)13-35)37-20-6-5-15(10-31-20)32-22(36)21-14(2)34-38-23(21)33-19-12-29-18(11-30-19)24(26,27)28/h5-6,10-12,16-17H,3-4,7-9,13H2,1-2H3,(H,30,33)(H,32,36). The van der Waals surface area contributed by atoms with Gasteiger partial charge in [0.05, 0.1) is 35.5 Å². The molecule has 1 amide bonds. The third-order valence-corrected chi connectivity index (χ3v) is 6.79. The Bertz CT molecular complexity index is 1220. The van der Waals surface area contributed by atoms with E-state index < -0.39 is 30.1 Å². The minimum atomic E-state index is -4.61. The first kappa shape index (κ1) is 27.6. The Balaban J connectivity index is 1.35. The largest absolute Gasteiger partial charge is 0.471 e. The molecule has 3 aromatic heterocycles. The third-order valence-electron chi connectivity index (χ3n) is 5.93. The number of pyridine rings is 1. The van der Waals surface area contributed by atoms with Crippen molar-refractivity contribution in [3.8, 4) is 5.88 Å². The highest BCUT2D eigenvalue weighted by molar-refractivity contribution is 7.10. The van der Waals surface area contributed by atoms with Crippen molar-refractivity contribution in [3.63, 3.8) is 0 Å². The number of unbranched alkanes of at least 4 members (excludes halogenated alkanes) is 1. The first-order valence-electron chi connectivity index (χ1n) is 12.1. The predicted octanol–water partition coefficient (Wildman–Crippen LogP) is 5.24. The number of carbonyl (C=O) groups is 1. The van der Waals surface area contributed by atoms with E-state index in [1.54, 1.807) is 19.1 Å². The van der Waals surface area contributed by atoms with Gasteiger partial charge in [-0.2, -0.15) is 17.5 Å². The first-order chi connectivity index (χ1) is 18.1. The van der Waals surface area contributed by atoms with Gasteiger partial charge in [0.15, 0.2) is 5.69 Å². The van der Waals surface area contributed by atoms with Crippen LogP contribution in [0.3, 0.4) is 0 Å². The zero-order chi connectivity index (χ0) is 27.3. The maximum atomic E-state index is 14.6. The molecule has 0 aromatic carbocycles. The van der Waals surface area contributed by atoms with Gasteiger partial charge >= 0.3 is 6.18 Å². The Morgan fingerprint density at radius 1 is 1.21 bits per heavy atom. The average molecular weight is 554 g/mol. The molecule has 2 unspecified atom stereocenters. The molecule has 1 fully saturated rings. The van der Waals surface area contributed by atoms with E-state index in [2.05, 4.69) is 41.8 Å². The molecule has 2 N–H and O–H groups in total. The van der Waals surface area contributed by atoms with Crippen molar-refractivity contribution >= 4 is 33.9 Å². The first-order valence-corrected chi connectivity index (χ1v) is 12.8. The van der Waals surface area contributed by atoms with Crippen LogP contribution in [-0.4, -0.2) is 62.0 Å². The maximum Gasteiger partial charge on any atom is 0.434 e. The van der Waals surface area contributed by atoms with Crippen LogP contribution in [0, 0.1) is 6.92 Å². The molecule has 0 aliphatic carbocycles. The summed E-state index contributed by atoms with van der Waals surface area (Å²) < 4.78 is 62.7. The molecule has 38 heavy (non-hydrogen) atoms. The number of rotatable bonds is 9. The molecule has 1 saturated heterocycles. The van der Waals surface area contributed by atoms with Crippen molar-refractivity contribution in [2.24, 2.45) is 0 Å². The quantitative estimate of drug-likeness (QED) is 0.347. The monoisotopic (exact) mass is 553 g/mol. The summed E-state index contributed by atoms with van der Waals surface area (Å²) in [6.45, 7) is 5.71. The molecular weight excluding hydrogens is 526 g/mol. The van der Waals surface area contributed by atoms with E-state index in [4.69, 9.17) is 4.74 Å². The minimum absolute atomic E-state index is 0.0289. The van der Waals surface area contributed by atoms with E-state index >= 15 is 0 Å². The summed E-state index contributed by atoms with van der Waals surface area (Å²) in [5, 5.41) is 5.79. The average Bonchev–Trinajstić information content (AvgIpc) is 3.25. The van der Waals surface area contributed by atoms with Crippen molar-refractivity contribution in [1.82, 2.24) is 24.2 Å². The van der Waals surface area contributed by atoms with Crippen LogP contribution in [-0.2, 0) is 6.18 Å². The summed E-state index contributed by atoms with van der Waals surface area (Å²) in [4.78, 5) is 26.3. The molecular formula is C24H27F4N7O2S. The van der Waals surface area contributed by atoms with Gasteiger partial charge in [0.25, 0.3) is 5.91 Å². The van der Waals surface area contributed by atoms with Gasteiger partial charge in [0, 0.05) is 19.2 Å². The van der Waals surface area contributed by atoms with Gasteiger partial charge in [0.2, 0.25) is 5.88 Å². The van der Waals surface area contributed by atoms with Gasteiger partial charge in [-0.1, -0.05) is 13.3 Å². The predicted molar refractivity (Wildman–Crippen MR) is 135 cm³/mol. The van der Waals surface area contributed by atoms with Crippen molar-refractivity contribution in [3.05, 3.63) is 47.7 Å². The molecule has 1 aliphatic heterocycles. The fraction of sp³-hybridized carbons (Fsp3) is 0.458. The Kier molecular flexibility index (Phi) is 8.72. The van der Waals surface area contributed by atoms with E-state index in [9.17, 15) is 22.4 Å². The summed E-state index contributed by atoms with van der Waals surface area (Å²) in [5.41, 5.74) is -0.130. The highest BCUT2D eigenvalue weighted by Crippen LogP contribution is 2.30. The van der Waals surface area contributed by atoms with Gasteiger partial charge < -0.3 is 20.3 Å². The molecule has 1 aliphatic rings. The fourth-order valence-corrected chi connectivity index (χ4v) is 4.72. The smallest absolute Gasteiger partial charge is 0.434 e. The highest BCUT2D eigenvalue weighted by atomic mass is 32.1. The number of ether oxygens (including phenoxy) is 1. The molecule has 0 radical (unpaired) electrons. The van der Waals surface area contributed by atoms with Crippen LogP contribution in [0.4, 0.5) is 34.1 Å². The minimum Gasteiger partial charge on any atom is -0.471 e. The van der Waals surface area contributed by atoms with E-state index in [1.165, 1.54) is 6.20 Å². The van der Waals surface area contributed by atoms with Crippen LogP contribution in [0.1, 0.15) is 47.9 Å². The lowest BCUT2D eigenvalue weighted by Gasteiger charge is -2.34. The Morgan fingerprint density at radius 3 is 2.66 bits per heavy atom. The zero-order valence-electron chi connectivity index (χ0n) is 20.8. The zero-order valence-corrected chi connectivity index (χ0v) is 21.6. The van der Waals surface area contributed by atoms with E-state index in [1.807, 2.05) is 0 Å². The Morgan fingerprint density at radius 2 is 2.03 bits per heavy atom. The second-order valence-corrected chi connectivity index (χ2v) is 9.61. The number of hydrogen-bond acceptors (Lipinski definition) is 9. The summed E-state index contributed by atoms with van der Waals surface area (Å²) in [6.07, 6.45) is -0.701. The van der Waals surface area contributed by atoms with E-state index in [0.717, 1.165) is 43.7 Å². The Labute approximate surface area is 220 Å². The molecule has 0 saturated carbocycles. The van der Waals surface area contributed by atoms with Gasteiger partial charge in [-0.05, 0) is 43.9 Å². The Hall–Kier alpha value is -3.39. The number of anilines is 3. The molecule has 4 rings (SSSR count). The number of amides is 1. The molecule has 14 heteroatoms. The number of alkyl halides is 4. The summed E-state index contributed by atoms with van der Waals surface area (Å²) in [5.74, 6) is -0.215. The lowest BCUT2D eigenvalue weighted by atomic mass is 10.1. The van der Waals surface area contributed by atoms with Crippen LogP contribution in [0.15, 0.2) is 30.7 Å². The lowest BCUT2D eigenvalue weighted by molar-refractivity contribution is -0.141. The van der Waals surface area contributed by atoms with Crippen LogP contribution in [0.25, 0.3) is 0 Å². The molecule has 9 nitrogen and oxygen atoms in total. The van der Waals surface area contributed by atoms with E-state index in [-0.39, 0.29) is 17.3 Å². The number of nitrogens with one attached hydrogen (secondary N) is 2. The van der Waals surface area contributed by atoms with Gasteiger partial charge in [-0.15, -0.1) is 0 Å². The number of likely N-dealkylation sites (tertiary alicyclic amines) is 1. The molecule has 3 aromatic rings. The van der Waals surface area contributed by atoms with Crippen LogP contribution < -0.4 is 15.4 Å². The molecule has 0 bridgehead atoms. The van der Waals surface area contributed by atoms with Crippen LogP contribution >= 0.6 is 11.5 Å². The van der Waals surface area contributed by atoms with Crippen molar-refractivity contribution in [2.75, 3.05) is 30.3 Å². The van der Waals surface area contributed by atoms with Gasteiger partial charge in [-0.3, -0.25) is 4.79 Å². The van der Waals surface area contributed by atoms with Crippen molar-refractivity contribution in [2.45, 2.75) is 51.6 Å². The van der Waals surface area contributed by atoms with Crippen molar-refractivity contribution < 1.29 is 27.1 Å². The van der Waals surface area contributed by atoms with Crippen LogP contribution in [0.2, 0.25) is 0 Å². The summed E-state index contributed by atoms with van der Waals surface area (Å²) >= 11 is 0.959. The number of aromatic nitrogens is 4. The van der Waals surface area contributed by atoms with Gasteiger partial charge in [0.1, 0.15) is 23.1 Å². The van der Waals surface area contributed by atoms with Crippen molar-refractivity contribution in [1.29, 1.82) is 0 Å². The molecule has 2 atom stereocenters. The summed E-state index contributed by atoms with van der Waals surface area (Å²) in [6, 6.07) is 3.15. The topological polar surface area (TPSA) is 105 Å². The summed E-state index contributed by atoms with van der Waals surface area (Å²) in [7, 11) is 0. The molecule has 204 valence electrons. The van der Waals surface area contributed by atoms with Gasteiger partial charge in [-0.25, -0.2) is 19.3 Å². The van der Waals surface area contributed by atoms with Crippen LogP contribution in [0.5, 0.6) is 5.88 Å². The SMILES string of the molecule is CCCCN1CCC(Oc2ccc(NC(=O)c3c(C)nsc3Nc3cnc(C(F)(F)F)cn3)cn2)C(F)C1. The maximum absolute atomic E-state index is 14.6. The number of piperidine rings is 1.